The summed E-state index contributed by atoms with van der Waals surface area (Å²) < 4.78 is 6.31. The lowest BCUT2D eigenvalue weighted by Gasteiger charge is -2.19. The molecular weight excluding hydrogens is 296 g/mol. The van der Waals surface area contributed by atoms with Crippen molar-refractivity contribution in [1.82, 2.24) is 15.4 Å². The average molecular weight is 309 g/mol. The molecule has 1 heterocycles. The van der Waals surface area contributed by atoms with Crippen molar-refractivity contribution in [1.29, 1.82) is 0 Å². The number of halogens is 1. The van der Waals surface area contributed by atoms with Gasteiger partial charge in [0.1, 0.15) is 12.1 Å². The summed E-state index contributed by atoms with van der Waals surface area (Å²) >= 11 is 3.41. The number of aromatic nitrogens is 2. The first-order chi connectivity index (χ1) is 8.76. The van der Waals surface area contributed by atoms with E-state index in [2.05, 4.69) is 31.3 Å². The van der Waals surface area contributed by atoms with Gasteiger partial charge in [-0.3, -0.25) is 5.84 Å². The fourth-order valence-electron chi connectivity index (χ4n) is 1.75. The summed E-state index contributed by atoms with van der Waals surface area (Å²) in [5.41, 5.74) is 4.56. The Morgan fingerprint density at radius 2 is 2.06 bits per heavy atom. The highest BCUT2D eigenvalue weighted by Gasteiger charge is 2.17. The number of nitrogens with one attached hydrogen (secondary N) is 1. The van der Waals surface area contributed by atoms with E-state index >= 15 is 0 Å². The number of hydrogen-bond donors (Lipinski definition) is 2. The lowest BCUT2D eigenvalue weighted by atomic mass is 10.0. The molecule has 0 aliphatic carbocycles. The largest absolute Gasteiger partial charge is 0.496 e. The second-order valence-corrected chi connectivity index (χ2v) is 4.57. The summed E-state index contributed by atoms with van der Waals surface area (Å²) in [7, 11) is 1.63. The first-order valence-corrected chi connectivity index (χ1v) is 6.10. The van der Waals surface area contributed by atoms with E-state index < -0.39 is 0 Å². The van der Waals surface area contributed by atoms with E-state index in [9.17, 15) is 0 Å². The molecule has 0 saturated heterocycles. The predicted molar refractivity (Wildman–Crippen MR) is 71.9 cm³/mol. The molecule has 0 bridgehead atoms. The zero-order valence-electron chi connectivity index (χ0n) is 9.80. The molecule has 1 atom stereocenters. The van der Waals surface area contributed by atoms with Crippen molar-refractivity contribution in [2.75, 3.05) is 7.11 Å². The highest BCUT2D eigenvalue weighted by atomic mass is 79.9. The molecule has 2 rings (SSSR count). The van der Waals surface area contributed by atoms with Gasteiger partial charge in [-0.15, -0.1) is 0 Å². The number of benzene rings is 1. The maximum Gasteiger partial charge on any atom is 0.125 e. The third kappa shape index (κ3) is 2.66. The van der Waals surface area contributed by atoms with Gasteiger partial charge in [0.2, 0.25) is 0 Å². The van der Waals surface area contributed by atoms with Gasteiger partial charge in [-0.25, -0.2) is 15.4 Å². The molecule has 94 valence electrons. The minimum absolute atomic E-state index is 0.214. The first kappa shape index (κ1) is 12.9. The van der Waals surface area contributed by atoms with E-state index in [4.69, 9.17) is 10.6 Å². The highest BCUT2D eigenvalue weighted by molar-refractivity contribution is 9.10. The monoisotopic (exact) mass is 308 g/mol. The Morgan fingerprint density at radius 3 is 2.67 bits per heavy atom. The quantitative estimate of drug-likeness (QED) is 0.665. The summed E-state index contributed by atoms with van der Waals surface area (Å²) in [4.78, 5) is 7.99. The number of ether oxygens (including phenoxy) is 1. The van der Waals surface area contributed by atoms with Crippen molar-refractivity contribution in [2.45, 2.75) is 6.04 Å². The molecule has 0 aliphatic heterocycles. The molecule has 0 aliphatic rings. The minimum Gasteiger partial charge on any atom is -0.496 e. The maximum atomic E-state index is 5.63. The van der Waals surface area contributed by atoms with Crippen LogP contribution < -0.4 is 16.0 Å². The van der Waals surface area contributed by atoms with Crippen LogP contribution in [0.5, 0.6) is 5.75 Å². The van der Waals surface area contributed by atoms with Gasteiger partial charge >= 0.3 is 0 Å². The molecule has 3 N–H and O–H groups in total. The fraction of sp³-hybridized carbons (Fsp3) is 0.167. The topological polar surface area (TPSA) is 73.1 Å². The fourth-order valence-corrected chi connectivity index (χ4v) is 2.09. The van der Waals surface area contributed by atoms with Crippen LogP contribution in [-0.2, 0) is 0 Å². The van der Waals surface area contributed by atoms with Crippen molar-refractivity contribution in [3.8, 4) is 5.75 Å². The van der Waals surface area contributed by atoms with E-state index in [1.54, 1.807) is 19.5 Å². The van der Waals surface area contributed by atoms with Crippen molar-refractivity contribution < 1.29 is 4.74 Å². The molecule has 18 heavy (non-hydrogen) atoms. The van der Waals surface area contributed by atoms with E-state index in [0.29, 0.717) is 0 Å². The summed E-state index contributed by atoms with van der Waals surface area (Å²) in [5, 5.41) is 0. The second-order valence-electron chi connectivity index (χ2n) is 3.66. The molecule has 1 unspecified atom stereocenters. The third-order valence-corrected chi connectivity index (χ3v) is 3.08. The zero-order chi connectivity index (χ0) is 13.0. The molecule has 2 aromatic rings. The molecule has 0 fully saturated rings. The summed E-state index contributed by atoms with van der Waals surface area (Å²) in [6, 6.07) is 5.56. The molecular formula is C12H13BrN4O. The maximum absolute atomic E-state index is 5.63. The Balaban J connectivity index is 2.45. The molecule has 1 aromatic carbocycles. The van der Waals surface area contributed by atoms with Crippen LogP contribution in [0.15, 0.2) is 41.4 Å². The number of rotatable bonds is 4. The van der Waals surface area contributed by atoms with Gasteiger partial charge < -0.3 is 4.74 Å². The SMILES string of the molecule is COc1cc(Br)ccc1C(NN)c1cncnc1. The van der Waals surface area contributed by atoms with E-state index in [-0.39, 0.29) is 6.04 Å². The molecule has 0 saturated carbocycles. The first-order valence-electron chi connectivity index (χ1n) is 5.30. The highest BCUT2D eigenvalue weighted by Crippen LogP contribution is 2.31. The van der Waals surface area contributed by atoms with E-state index in [1.165, 1.54) is 6.33 Å². The molecule has 0 radical (unpaired) electrons. The zero-order valence-corrected chi connectivity index (χ0v) is 11.4. The van der Waals surface area contributed by atoms with Crippen molar-refractivity contribution in [2.24, 2.45) is 5.84 Å². The second kappa shape index (κ2) is 5.90. The average Bonchev–Trinajstić information content (AvgIpc) is 2.42. The van der Waals surface area contributed by atoms with Gasteiger partial charge in [0.25, 0.3) is 0 Å². The van der Waals surface area contributed by atoms with Crippen molar-refractivity contribution >= 4 is 15.9 Å². The van der Waals surface area contributed by atoms with Gasteiger partial charge in [0.05, 0.1) is 13.2 Å². The van der Waals surface area contributed by atoms with Gasteiger partial charge in [0.15, 0.2) is 0 Å². The van der Waals surface area contributed by atoms with Crippen molar-refractivity contribution in [3.05, 3.63) is 52.5 Å². The molecule has 6 heteroatoms. The number of hydrogen-bond acceptors (Lipinski definition) is 5. The Bertz CT molecular complexity index is 521. The summed E-state index contributed by atoms with van der Waals surface area (Å²) in [6.45, 7) is 0. The molecule has 1 aromatic heterocycles. The number of methoxy groups -OCH3 is 1. The van der Waals surface area contributed by atoms with Crippen LogP contribution in [0, 0.1) is 0 Å². The summed E-state index contributed by atoms with van der Waals surface area (Å²) in [5.74, 6) is 6.37. The minimum atomic E-state index is -0.214. The van der Waals surface area contributed by atoms with E-state index in [0.717, 1.165) is 21.3 Å². The van der Waals surface area contributed by atoms with Crippen LogP contribution in [0.4, 0.5) is 0 Å². The molecule has 0 amide bonds. The lowest BCUT2D eigenvalue weighted by Crippen LogP contribution is -2.29. The van der Waals surface area contributed by atoms with Crippen LogP contribution in [0.3, 0.4) is 0 Å². The van der Waals surface area contributed by atoms with Gasteiger partial charge in [-0.05, 0) is 12.1 Å². The van der Waals surface area contributed by atoms with Crippen molar-refractivity contribution in [3.63, 3.8) is 0 Å². The van der Waals surface area contributed by atoms with Crippen LogP contribution in [-0.4, -0.2) is 17.1 Å². The number of nitrogens with two attached hydrogens (primary N) is 1. The van der Waals surface area contributed by atoms with Crippen LogP contribution in [0.25, 0.3) is 0 Å². The Morgan fingerprint density at radius 1 is 1.33 bits per heavy atom. The molecule has 0 spiro atoms. The lowest BCUT2D eigenvalue weighted by molar-refractivity contribution is 0.404. The Kier molecular flexibility index (Phi) is 4.24. The molecule has 5 nitrogen and oxygen atoms in total. The Hall–Kier alpha value is -1.50. The third-order valence-electron chi connectivity index (χ3n) is 2.59. The van der Waals surface area contributed by atoms with Gasteiger partial charge in [-0.2, -0.15) is 0 Å². The summed E-state index contributed by atoms with van der Waals surface area (Å²) in [6.07, 6.45) is 4.92. The normalized spacial score (nSPS) is 12.2. The standard InChI is InChI=1S/C12H13BrN4O/c1-18-11-4-9(13)2-3-10(11)12(17-14)8-5-15-7-16-6-8/h2-7,12,17H,14H2,1H3. The van der Waals surface area contributed by atoms with E-state index in [1.807, 2.05) is 18.2 Å². The predicted octanol–water partition coefficient (Wildman–Crippen LogP) is 1.80. The van der Waals surface area contributed by atoms with Crippen LogP contribution in [0.1, 0.15) is 17.2 Å². The number of nitrogens with zero attached hydrogens (tertiary/aromatic N) is 2. The van der Waals surface area contributed by atoms with Gasteiger partial charge in [0, 0.05) is 28.0 Å². The Labute approximate surface area is 113 Å². The smallest absolute Gasteiger partial charge is 0.125 e. The van der Waals surface area contributed by atoms with Gasteiger partial charge in [-0.1, -0.05) is 22.0 Å². The van der Waals surface area contributed by atoms with Crippen LogP contribution >= 0.6 is 15.9 Å². The number of hydrazine groups is 1. The van der Waals surface area contributed by atoms with Crippen LogP contribution in [0.2, 0.25) is 0 Å².